The van der Waals surface area contributed by atoms with Crippen LogP contribution in [-0.4, -0.2) is 69.4 Å². The normalized spacial score (nSPS) is 16.3. The number of nitrogens with zero attached hydrogens (tertiary/aromatic N) is 2. The number of nitrogens with one attached hydrogen (secondary N) is 1. The first-order chi connectivity index (χ1) is 19.6. The van der Waals surface area contributed by atoms with Gasteiger partial charge < -0.3 is 4.90 Å². The zero-order chi connectivity index (χ0) is 32.9. The standard InChI is InChI=1S/C26H39F5N4O6S2/c1-19-18-20(12-13-21(19)33-43(32,40)41)35-22(36)24(2,3)34(23(35)37)15-9-7-5-4-6-8-10-16-42(38,39)17-11-14-25(27,28)26(29,30)31/h12-13,18,33H,4-11,14-17H2,1-3H3,(H2,32,40,41). The van der Waals surface area contributed by atoms with E-state index >= 15 is 0 Å². The highest BCUT2D eigenvalue weighted by molar-refractivity contribution is 7.91. The minimum absolute atomic E-state index is 0.218. The van der Waals surface area contributed by atoms with Gasteiger partial charge in [0.05, 0.1) is 22.9 Å². The average molecular weight is 663 g/mol. The van der Waals surface area contributed by atoms with Crippen LogP contribution in [0.1, 0.15) is 77.2 Å². The topological polar surface area (TPSA) is 147 Å². The zero-order valence-corrected chi connectivity index (χ0v) is 26.0. The molecule has 3 amide bonds. The van der Waals surface area contributed by atoms with E-state index in [1.807, 2.05) is 0 Å². The number of sulfone groups is 1. The number of unbranched alkanes of at least 4 members (excludes halogenated alkanes) is 6. The van der Waals surface area contributed by atoms with Crippen molar-refractivity contribution in [2.75, 3.05) is 27.7 Å². The van der Waals surface area contributed by atoms with Crippen LogP contribution in [0.15, 0.2) is 18.2 Å². The van der Waals surface area contributed by atoms with Crippen molar-refractivity contribution >= 4 is 43.4 Å². The summed E-state index contributed by atoms with van der Waals surface area (Å²) < 4.78 is 111. The van der Waals surface area contributed by atoms with Gasteiger partial charge in [-0.25, -0.2) is 23.3 Å². The van der Waals surface area contributed by atoms with Crippen LogP contribution in [0.4, 0.5) is 38.1 Å². The summed E-state index contributed by atoms with van der Waals surface area (Å²) in [6.45, 7) is 5.22. The highest BCUT2D eigenvalue weighted by atomic mass is 32.2. The summed E-state index contributed by atoms with van der Waals surface area (Å²) in [7, 11) is -7.72. The maximum Gasteiger partial charge on any atom is 0.453 e. The number of aryl methyl sites for hydroxylation is 1. The molecule has 1 aromatic rings. The average Bonchev–Trinajstić information content (AvgIpc) is 3.01. The second-order valence-electron chi connectivity index (χ2n) is 11.2. The number of carbonyl (C=O) groups excluding carboxylic acids is 2. The molecular formula is C26H39F5N4O6S2. The Kier molecular flexibility index (Phi) is 12.0. The maximum atomic E-state index is 13.2. The number of benzene rings is 1. The number of anilines is 2. The minimum atomic E-state index is -5.69. The Morgan fingerprint density at radius 2 is 1.40 bits per heavy atom. The van der Waals surface area contributed by atoms with Gasteiger partial charge in [-0.05, 0) is 63.8 Å². The Morgan fingerprint density at radius 1 is 0.860 bits per heavy atom. The van der Waals surface area contributed by atoms with E-state index in [0.29, 0.717) is 37.1 Å². The molecule has 43 heavy (non-hydrogen) atoms. The molecule has 1 saturated heterocycles. The molecule has 3 N–H and O–H groups in total. The highest BCUT2D eigenvalue weighted by Crippen LogP contribution is 2.39. The molecule has 10 nitrogen and oxygen atoms in total. The Balaban J connectivity index is 1.74. The number of halogens is 5. The van der Waals surface area contributed by atoms with Crippen LogP contribution in [0.25, 0.3) is 0 Å². The molecule has 1 fully saturated rings. The summed E-state index contributed by atoms with van der Waals surface area (Å²) in [4.78, 5) is 28.9. The number of amides is 3. The number of imide groups is 1. The lowest BCUT2D eigenvalue weighted by molar-refractivity contribution is -0.284. The molecule has 0 aromatic heterocycles. The molecule has 1 aromatic carbocycles. The van der Waals surface area contributed by atoms with Gasteiger partial charge in [-0.15, -0.1) is 0 Å². The first-order valence-corrected chi connectivity index (χ1v) is 17.2. The lowest BCUT2D eigenvalue weighted by Crippen LogP contribution is -2.44. The van der Waals surface area contributed by atoms with Crippen molar-refractivity contribution in [3.8, 4) is 0 Å². The summed E-state index contributed by atoms with van der Waals surface area (Å²) in [6.07, 6.45) is -3.55. The first-order valence-electron chi connectivity index (χ1n) is 13.8. The van der Waals surface area contributed by atoms with E-state index in [4.69, 9.17) is 5.14 Å². The fourth-order valence-corrected chi connectivity index (χ4v) is 6.69. The second kappa shape index (κ2) is 14.1. The van der Waals surface area contributed by atoms with E-state index in [9.17, 15) is 48.4 Å². The molecule has 17 heteroatoms. The number of urea groups is 1. The van der Waals surface area contributed by atoms with E-state index in [2.05, 4.69) is 4.72 Å². The Hall–Kier alpha value is -2.53. The van der Waals surface area contributed by atoms with E-state index in [0.717, 1.165) is 24.2 Å². The van der Waals surface area contributed by atoms with Gasteiger partial charge in [-0.2, -0.15) is 30.4 Å². The third-order valence-electron chi connectivity index (χ3n) is 7.24. The molecule has 0 aliphatic carbocycles. The summed E-state index contributed by atoms with van der Waals surface area (Å²) in [6, 6.07) is 3.89. The predicted octanol–water partition coefficient (Wildman–Crippen LogP) is 5.28. The molecule has 1 heterocycles. The van der Waals surface area contributed by atoms with E-state index < -0.39 is 68.2 Å². The molecule has 0 spiro atoms. The van der Waals surface area contributed by atoms with Crippen LogP contribution < -0.4 is 14.8 Å². The Labute approximate surface area is 249 Å². The van der Waals surface area contributed by atoms with Gasteiger partial charge in [-0.1, -0.05) is 32.1 Å². The molecule has 0 saturated carbocycles. The second-order valence-corrected chi connectivity index (χ2v) is 14.8. The molecule has 0 radical (unpaired) electrons. The quantitative estimate of drug-likeness (QED) is 0.132. The molecule has 2 rings (SSSR count). The Bertz CT molecular complexity index is 1370. The zero-order valence-electron chi connectivity index (χ0n) is 24.3. The van der Waals surface area contributed by atoms with Crippen molar-refractivity contribution in [1.29, 1.82) is 0 Å². The van der Waals surface area contributed by atoms with Crippen molar-refractivity contribution in [2.24, 2.45) is 5.14 Å². The SMILES string of the molecule is Cc1cc(N2C(=O)N(CCCCCCCCCS(=O)(=O)CCCC(F)(F)C(F)(F)F)C(C)(C)C2=O)ccc1NS(N)(=O)=O. The number of rotatable bonds is 17. The molecule has 0 unspecified atom stereocenters. The van der Waals surface area contributed by atoms with Crippen LogP contribution in [0, 0.1) is 6.92 Å². The first kappa shape index (κ1) is 36.7. The van der Waals surface area contributed by atoms with Gasteiger partial charge in [-0.3, -0.25) is 9.52 Å². The monoisotopic (exact) mass is 662 g/mol. The van der Waals surface area contributed by atoms with Gasteiger partial charge in [0.15, 0.2) is 0 Å². The third kappa shape index (κ3) is 10.3. The predicted molar refractivity (Wildman–Crippen MR) is 153 cm³/mol. The maximum absolute atomic E-state index is 13.2. The highest BCUT2D eigenvalue weighted by Gasteiger charge is 2.56. The minimum Gasteiger partial charge on any atom is -0.310 e. The number of hydrogen-bond donors (Lipinski definition) is 2. The number of alkyl halides is 5. The van der Waals surface area contributed by atoms with Gasteiger partial charge >= 0.3 is 18.1 Å². The van der Waals surface area contributed by atoms with Crippen LogP contribution in [-0.2, 0) is 24.8 Å². The van der Waals surface area contributed by atoms with Gasteiger partial charge in [0, 0.05) is 13.0 Å². The van der Waals surface area contributed by atoms with Crippen molar-refractivity contribution in [3.63, 3.8) is 0 Å². The van der Waals surface area contributed by atoms with Crippen LogP contribution >= 0.6 is 0 Å². The molecule has 1 aliphatic heterocycles. The summed E-state index contributed by atoms with van der Waals surface area (Å²) in [5.41, 5.74) is -0.123. The fourth-order valence-electron chi connectivity index (χ4n) is 4.73. The third-order valence-corrected chi connectivity index (χ3v) is 9.57. The Morgan fingerprint density at radius 3 is 1.93 bits per heavy atom. The van der Waals surface area contributed by atoms with Crippen molar-refractivity contribution in [1.82, 2.24) is 4.90 Å². The van der Waals surface area contributed by atoms with Crippen LogP contribution in [0.5, 0.6) is 0 Å². The lowest BCUT2D eigenvalue weighted by atomic mass is 10.0. The van der Waals surface area contributed by atoms with Gasteiger partial charge in [0.2, 0.25) is 0 Å². The number of carbonyl (C=O) groups is 2. The summed E-state index contributed by atoms with van der Waals surface area (Å²) >= 11 is 0. The molecule has 0 atom stereocenters. The largest absolute Gasteiger partial charge is 0.453 e. The molecule has 0 bridgehead atoms. The molecule has 1 aliphatic rings. The van der Waals surface area contributed by atoms with Gasteiger partial charge in [0.25, 0.3) is 16.1 Å². The molecule has 246 valence electrons. The summed E-state index contributed by atoms with van der Waals surface area (Å²) in [5, 5.41) is 5.01. The molecular weight excluding hydrogens is 623 g/mol. The van der Waals surface area contributed by atoms with Crippen LogP contribution in [0.2, 0.25) is 0 Å². The van der Waals surface area contributed by atoms with Crippen molar-refractivity contribution < 1.29 is 48.4 Å². The number of hydrogen-bond acceptors (Lipinski definition) is 6. The lowest BCUT2D eigenvalue weighted by Gasteiger charge is -2.27. The van der Waals surface area contributed by atoms with E-state index in [-0.39, 0.29) is 17.9 Å². The fraction of sp³-hybridized carbons (Fsp3) is 0.692. The van der Waals surface area contributed by atoms with Crippen molar-refractivity contribution in [3.05, 3.63) is 23.8 Å². The number of nitrogens with two attached hydrogens (primary N) is 1. The van der Waals surface area contributed by atoms with Crippen LogP contribution in [0.3, 0.4) is 0 Å². The van der Waals surface area contributed by atoms with E-state index in [1.54, 1.807) is 20.8 Å². The van der Waals surface area contributed by atoms with E-state index in [1.165, 1.54) is 23.1 Å². The smallest absolute Gasteiger partial charge is 0.310 e. The summed E-state index contributed by atoms with van der Waals surface area (Å²) in [5.74, 6) is -6.32. The van der Waals surface area contributed by atoms with Gasteiger partial charge in [0.1, 0.15) is 15.4 Å². The van der Waals surface area contributed by atoms with Crippen molar-refractivity contribution in [2.45, 2.75) is 96.2 Å².